The van der Waals surface area contributed by atoms with E-state index in [9.17, 15) is 13.2 Å². The number of rotatable bonds is 5. The van der Waals surface area contributed by atoms with Crippen molar-refractivity contribution in [2.24, 2.45) is 0 Å². The Morgan fingerprint density at radius 2 is 1.80 bits per heavy atom. The van der Waals surface area contributed by atoms with Crippen LogP contribution in [0.15, 0.2) is 53.1 Å². The summed E-state index contributed by atoms with van der Waals surface area (Å²) >= 11 is 0. The number of nitrogens with one attached hydrogen (secondary N) is 1. The molecule has 0 amide bonds. The third kappa shape index (κ3) is 4.13. The van der Waals surface area contributed by atoms with Crippen molar-refractivity contribution in [3.63, 3.8) is 0 Å². The molecule has 108 valence electrons. The molecule has 2 atom stereocenters. The SMILES string of the molecule is CC(CC(F)(F)F)NC(c1ccccc1)c1ccco1. The van der Waals surface area contributed by atoms with Gasteiger partial charge in [0.15, 0.2) is 0 Å². The minimum Gasteiger partial charge on any atom is -0.467 e. The number of hydrogen-bond donors (Lipinski definition) is 1. The maximum Gasteiger partial charge on any atom is 0.390 e. The molecule has 2 nitrogen and oxygen atoms in total. The van der Waals surface area contributed by atoms with Crippen molar-refractivity contribution in [2.45, 2.75) is 31.6 Å². The fourth-order valence-electron chi connectivity index (χ4n) is 2.13. The number of alkyl halides is 3. The summed E-state index contributed by atoms with van der Waals surface area (Å²) in [7, 11) is 0. The molecule has 5 heteroatoms. The lowest BCUT2D eigenvalue weighted by molar-refractivity contribution is -0.139. The lowest BCUT2D eigenvalue weighted by Gasteiger charge is -2.23. The number of hydrogen-bond acceptors (Lipinski definition) is 2. The standard InChI is InChI=1S/C15H16F3NO/c1-11(10-15(16,17)18)19-14(13-8-5-9-20-13)12-6-3-2-4-7-12/h2-9,11,14,19H,10H2,1H3. The van der Waals surface area contributed by atoms with Gasteiger partial charge >= 0.3 is 6.18 Å². The van der Waals surface area contributed by atoms with Crippen LogP contribution < -0.4 is 5.32 Å². The van der Waals surface area contributed by atoms with Crippen LogP contribution in [-0.4, -0.2) is 12.2 Å². The highest BCUT2D eigenvalue weighted by atomic mass is 19.4. The molecule has 20 heavy (non-hydrogen) atoms. The summed E-state index contributed by atoms with van der Waals surface area (Å²) in [5.41, 5.74) is 0.872. The van der Waals surface area contributed by atoms with Gasteiger partial charge in [-0.25, -0.2) is 0 Å². The number of halogens is 3. The maximum atomic E-state index is 12.4. The quantitative estimate of drug-likeness (QED) is 0.885. The van der Waals surface area contributed by atoms with Gasteiger partial charge in [-0.15, -0.1) is 0 Å². The van der Waals surface area contributed by atoms with E-state index in [4.69, 9.17) is 4.42 Å². The van der Waals surface area contributed by atoms with Crippen LogP contribution in [0.3, 0.4) is 0 Å². The molecule has 0 aliphatic carbocycles. The molecular weight excluding hydrogens is 267 g/mol. The summed E-state index contributed by atoms with van der Waals surface area (Å²) in [5, 5.41) is 2.98. The zero-order valence-electron chi connectivity index (χ0n) is 11.0. The average molecular weight is 283 g/mol. The number of furan rings is 1. The van der Waals surface area contributed by atoms with Gasteiger partial charge in [0.05, 0.1) is 18.7 Å². The Morgan fingerprint density at radius 3 is 2.35 bits per heavy atom. The fourth-order valence-corrected chi connectivity index (χ4v) is 2.13. The Balaban J connectivity index is 2.16. The fraction of sp³-hybridized carbons (Fsp3) is 0.333. The van der Waals surface area contributed by atoms with E-state index in [1.54, 1.807) is 12.1 Å². The summed E-state index contributed by atoms with van der Waals surface area (Å²) in [6.07, 6.45) is -3.55. The second-order valence-corrected chi connectivity index (χ2v) is 4.75. The van der Waals surface area contributed by atoms with Crippen molar-refractivity contribution < 1.29 is 17.6 Å². The lowest BCUT2D eigenvalue weighted by Crippen LogP contribution is -2.34. The Kier molecular flexibility index (Phi) is 4.49. The Bertz CT molecular complexity index is 508. The monoisotopic (exact) mass is 283 g/mol. The molecule has 0 aliphatic rings. The summed E-state index contributed by atoms with van der Waals surface area (Å²) < 4.78 is 42.7. The van der Waals surface area contributed by atoms with Gasteiger partial charge in [0.1, 0.15) is 5.76 Å². The van der Waals surface area contributed by atoms with Gasteiger partial charge in [0.25, 0.3) is 0 Å². The first-order valence-corrected chi connectivity index (χ1v) is 6.37. The van der Waals surface area contributed by atoms with E-state index in [1.165, 1.54) is 13.2 Å². The molecule has 1 heterocycles. The predicted octanol–water partition coefficient (Wildman–Crippen LogP) is 4.30. The molecule has 2 unspecified atom stereocenters. The van der Waals surface area contributed by atoms with Crippen molar-refractivity contribution in [3.05, 3.63) is 60.1 Å². The highest BCUT2D eigenvalue weighted by molar-refractivity contribution is 5.26. The van der Waals surface area contributed by atoms with Crippen molar-refractivity contribution in [2.75, 3.05) is 0 Å². The minimum atomic E-state index is -4.18. The van der Waals surface area contributed by atoms with E-state index in [2.05, 4.69) is 5.32 Å². The van der Waals surface area contributed by atoms with Crippen LogP contribution >= 0.6 is 0 Å². The van der Waals surface area contributed by atoms with Gasteiger partial charge in [0.2, 0.25) is 0 Å². The van der Waals surface area contributed by atoms with E-state index in [1.807, 2.05) is 30.3 Å². The zero-order valence-corrected chi connectivity index (χ0v) is 11.0. The van der Waals surface area contributed by atoms with Gasteiger partial charge < -0.3 is 9.73 Å². The number of benzene rings is 1. The van der Waals surface area contributed by atoms with Crippen molar-refractivity contribution in [1.29, 1.82) is 0 Å². The molecule has 0 saturated heterocycles. The van der Waals surface area contributed by atoms with Crippen LogP contribution in [0.5, 0.6) is 0 Å². The highest BCUT2D eigenvalue weighted by Crippen LogP contribution is 2.26. The smallest absolute Gasteiger partial charge is 0.390 e. The lowest BCUT2D eigenvalue weighted by atomic mass is 10.0. The molecule has 1 N–H and O–H groups in total. The minimum absolute atomic E-state index is 0.386. The third-order valence-electron chi connectivity index (χ3n) is 2.95. The summed E-state index contributed by atoms with van der Waals surface area (Å²) in [5.74, 6) is 0.602. The van der Waals surface area contributed by atoms with Gasteiger partial charge in [-0.1, -0.05) is 30.3 Å². The molecule has 0 spiro atoms. The topological polar surface area (TPSA) is 25.2 Å². The molecular formula is C15H16F3NO. The van der Waals surface area contributed by atoms with Crippen LogP contribution in [0.2, 0.25) is 0 Å². The van der Waals surface area contributed by atoms with Crippen LogP contribution in [0.4, 0.5) is 13.2 Å². The predicted molar refractivity (Wildman–Crippen MR) is 70.3 cm³/mol. The summed E-state index contributed by atoms with van der Waals surface area (Å²) in [6.45, 7) is 1.52. The molecule has 1 aromatic heterocycles. The average Bonchev–Trinajstić information content (AvgIpc) is 2.88. The first-order chi connectivity index (χ1) is 9.46. The summed E-state index contributed by atoms with van der Waals surface area (Å²) in [6, 6.07) is 11.7. The van der Waals surface area contributed by atoms with Crippen molar-refractivity contribution in [3.8, 4) is 0 Å². The Labute approximate surface area is 115 Å². The first kappa shape index (κ1) is 14.7. The van der Waals surface area contributed by atoms with Crippen LogP contribution in [-0.2, 0) is 0 Å². The molecule has 0 radical (unpaired) electrons. The summed E-state index contributed by atoms with van der Waals surface area (Å²) in [4.78, 5) is 0. The Hall–Kier alpha value is -1.75. The van der Waals surface area contributed by atoms with Gasteiger partial charge in [-0.05, 0) is 24.6 Å². The second-order valence-electron chi connectivity index (χ2n) is 4.75. The Morgan fingerprint density at radius 1 is 1.10 bits per heavy atom. The maximum absolute atomic E-state index is 12.4. The molecule has 0 aliphatic heterocycles. The van der Waals surface area contributed by atoms with Gasteiger partial charge in [-0.3, -0.25) is 0 Å². The third-order valence-corrected chi connectivity index (χ3v) is 2.95. The van der Waals surface area contributed by atoms with E-state index in [-0.39, 0.29) is 6.04 Å². The van der Waals surface area contributed by atoms with Crippen LogP contribution in [0.25, 0.3) is 0 Å². The van der Waals surface area contributed by atoms with E-state index in [0.29, 0.717) is 5.76 Å². The second kappa shape index (κ2) is 6.13. The molecule has 2 rings (SSSR count). The molecule has 0 bridgehead atoms. The first-order valence-electron chi connectivity index (χ1n) is 6.37. The normalized spacial score (nSPS) is 15.0. The van der Waals surface area contributed by atoms with Crippen LogP contribution in [0, 0.1) is 0 Å². The van der Waals surface area contributed by atoms with Crippen molar-refractivity contribution >= 4 is 0 Å². The van der Waals surface area contributed by atoms with E-state index < -0.39 is 18.6 Å². The molecule has 0 saturated carbocycles. The van der Waals surface area contributed by atoms with E-state index >= 15 is 0 Å². The highest BCUT2D eigenvalue weighted by Gasteiger charge is 2.31. The zero-order chi connectivity index (χ0) is 14.6. The van der Waals surface area contributed by atoms with E-state index in [0.717, 1.165) is 5.56 Å². The largest absolute Gasteiger partial charge is 0.467 e. The molecule has 0 fully saturated rings. The van der Waals surface area contributed by atoms with Gasteiger partial charge in [0, 0.05) is 6.04 Å². The molecule has 1 aromatic carbocycles. The molecule has 2 aromatic rings. The van der Waals surface area contributed by atoms with Gasteiger partial charge in [-0.2, -0.15) is 13.2 Å². The van der Waals surface area contributed by atoms with Crippen molar-refractivity contribution in [1.82, 2.24) is 5.32 Å². The van der Waals surface area contributed by atoms with Crippen LogP contribution in [0.1, 0.15) is 30.7 Å².